The van der Waals surface area contributed by atoms with Gasteiger partial charge in [0.05, 0.1) is 24.2 Å². The maximum absolute atomic E-state index is 6.44. The first kappa shape index (κ1) is 26.4. The minimum atomic E-state index is 0.197. The molecule has 2 aromatic carbocycles. The van der Waals surface area contributed by atoms with Crippen molar-refractivity contribution in [3.8, 4) is 11.5 Å². The Morgan fingerprint density at radius 3 is 2.72 bits per heavy atom. The van der Waals surface area contributed by atoms with E-state index in [0.717, 1.165) is 48.1 Å². The number of para-hydroxylation sites is 1. The number of ether oxygens (including phenoxy) is 2. The van der Waals surface area contributed by atoms with E-state index in [1.807, 2.05) is 43.3 Å². The summed E-state index contributed by atoms with van der Waals surface area (Å²) in [5, 5.41) is 7.54. The summed E-state index contributed by atoms with van der Waals surface area (Å²) in [6.45, 7) is 12.1. The smallest absolute Gasteiger partial charge is 0.229 e. The minimum Gasteiger partial charge on any atom is -0.492 e. The van der Waals surface area contributed by atoms with Crippen LogP contribution in [-0.2, 0) is 0 Å². The van der Waals surface area contributed by atoms with Crippen molar-refractivity contribution in [3.05, 3.63) is 53.7 Å². The van der Waals surface area contributed by atoms with Crippen LogP contribution in [0.2, 0.25) is 5.02 Å². The standard InChI is InChI=1S/C27H34ClN5O2S/c1-5-33-14-13-20(17-33)35-19-11-12-22(24(15-19)34-6-2)31-27-29-16-21(28)26(32-27)30-23-9-7-8-10-25(23)36-18(3)4/h7-12,15-16,18,20H,5-6,13-14,17H2,1-4H3,(H2,29,30,31,32). The molecule has 1 atom stereocenters. The van der Waals surface area contributed by atoms with Gasteiger partial charge in [0.1, 0.15) is 22.6 Å². The average molecular weight is 528 g/mol. The number of nitrogens with one attached hydrogen (secondary N) is 2. The van der Waals surface area contributed by atoms with E-state index in [4.69, 9.17) is 21.1 Å². The number of aromatic nitrogens is 2. The molecule has 4 rings (SSSR count). The zero-order valence-corrected chi connectivity index (χ0v) is 22.8. The van der Waals surface area contributed by atoms with Crippen molar-refractivity contribution >= 4 is 46.5 Å². The third-order valence-electron chi connectivity index (χ3n) is 5.73. The van der Waals surface area contributed by atoms with Gasteiger partial charge in [-0.1, -0.05) is 44.5 Å². The molecule has 0 amide bonds. The van der Waals surface area contributed by atoms with Crippen molar-refractivity contribution < 1.29 is 9.47 Å². The van der Waals surface area contributed by atoms with Gasteiger partial charge in [-0.05, 0) is 44.2 Å². The molecule has 2 N–H and O–H groups in total. The van der Waals surface area contributed by atoms with Gasteiger partial charge in [0.25, 0.3) is 0 Å². The van der Waals surface area contributed by atoms with Crippen molar-refractivity contribution in [2.45, 2.75) is 50.4 Å². The normalized spacial score (nSPS) is 15.8. The first-order chi connectivity index (χ1) is 17.4. The van der Waals surface area contributed by atoms with E-state index in [1.54, 1.807) is 18.0 Å². The van der Waals surface area contributed by atoms with Crippen LogP contribution in [0.15, 0.2) is 53.6 Å². The summed E-state index contributed by atoms with van der Waals surface area (Å²) < 4.78 is 12.1. The fraction of sp³-hybridized carbons (Fsp3) is 0.407. The van der Waals surface area contributed by atoms with E-state index in [0.29, 0.717) is 34.4 Å². The number of hydrogen-bond acceptors (Lipinski definition) is 8. The lowest BCUT2D eigenvalue weighted by atomic mass is 10.2. The number of thioether (sulfide) groups is 1. The molecular weight excluding hydrogens is 494 g/mol. The van der Waals surface area contributed by atoms with Crippen molar-refractivity contribution in [2.24, 2.45) is 0 Å². The minimum absolute atomic E-state index is 0.197. The lowest BCUT2D eigenvalue weighted by molar-refractivity contribution is 0.201. The molecule has 0 saturated carbocycles. The zero-order valence-electron chi connectivity index (χ0n) is 21.3. The summed E-state index contributed by atoms with van der Waals surface area (Å²) in [6, 6.07) is 13.9. The number of likely N-dealkylation sites (N-methyl/N-ethyl adjacent to an activating group) is 1. The van der Waals surface area contributed by atoms with E-state index >= 15 is 0 Å². The molecular formula is C27H34ClN5O2S. The third-order valence-corrected chi connectivity index (χ3v) is 7.08. The second-order valence-corrected chi connectivity index (χ2v) is 10.8. The van der Waals surface area contributed by atoms with Gasteiger partial charge >= 0.3 is 0 Å². The van der Waals surface area contributed by atoms with E-state index in [9.17, 15) is 0 Å². The van der Waals surface area contributed by atoms with Crippen molar-refractivity contribution in [1.82, 2.24) is 14.9 Å². The van der Waals surface area contributed by atoms with Gasteiger partial charge in [0.15, 0.2) is 5.82 Å². The second kappa shape index (κ2) is 12.5. The predicted octanol–water partition coefficient (Wildman–Crippen LogP) is 6.99. The van der Waals surface area contributed by atoms with Gasteiger partial charge in [0, 0.05) is 29.3 Å². The van der Waals surface area contributed by atoms with Gasteiger partial charge < -0.3 is 20.1 Å². The van der Waals surface area contributed by atoms with Crippen LogP contribution >= 0.6 is 23.4 Å². The molecule has 1 unspecified atom stereocenters. The Labute approximate surface area is 223 Å². The maximum Gasteiger partial charge on any atom is 0.229 e. The first-order valence-corrected chi connectivity index (χ1v) is 13.7. The molecule has 36 heavy (non-hydrogen) atoms. The van der Waals surface area contributed by atoms with Gasteiger partial charge in [-0.25, -0.2) is 4.98 Å². The number of anilines is 4. The van der Waals surface area contributed by atoms with Crippen LogP contribution in [0, 0.1) is 0 Å². The highest BCUT2D eigenvalue weighted by molar-refractivity contribution is 8.00. The van der Waals surface area contributed by atoms with Gasteiger partial charge in [0.2, 0.25) is 5.95 Å². The monoisotopic (exact) mass is 527 g/mol. The largest absolute Gasteiger partial charge is 0.492 e. The zero-order chi connectivity index (χ0) is 25.5. The molecule has 7 nitrogen and oxygen atoms in total. The third kappa shape index (κ3) is 6.96. The van der Waals surface area contributed by atoms with Crippen LogP contribution in [0.3, 0.4) is 0 Å². The molecule has 0 spiro atoms. The Morgan fingerprint density at radius 1 is 1.14 bits per heavy atom. The number of hydrogen-bond donors (Lipinski definition) is 2. The second-order valence-electron chi connectivity index (χ2n) is 8.82. The number of rotatable bonds is 11. The number of halogens is 1. The maximum atomic E-state index is 6.44. The highest BCUT2D eigenvalue weighted by Crippen LogP contribution is 2.35. The van der Waals surface area contributed by atoms with E-state index in [1.165, 1.54) is 0 Å². The van der Waals surface area contributed by atoms with Gasteiger partial charge in [-0.3, -0.25) is 4.90 Å². The molecule has 192 valence electrons. The van der Waals surface area contributed by atoms with Crippen molar-refractivity contribution in [1.29, 1.82) is 0 Å². The molecule has 1 saturated heterocycles. The molecule has 1 aromatic heterocycles. The Hall–Kier alpha value is -2.68. The van der Waals surface area contributed by atoms with Gasteiger partial charge in [-0.2, -0.15) is 4.98 Å². The molecule has 1 aliphatic heterocycles. The molecule has 9 heteroatoms. The molecule has 0 aliphatic carbocycles. The fourth-order valence-corrected chi connectivity index (χ4v) is 5.07. The Bertz CT molecular complexity index is 1160. The summed E-state index contributed by atoms with van der Waals surface area (Å²) in [5.41, 5.74) is 1.71. The highest BCUT2D eigenvalue weighted by atomic mass is 35.5. The van der Waals surface area contributed by atoms with E-state index < -0.39 is 0 Å². The van der Waals surface area contributed by atoms with Crippen LogP contribution in [0.4, 0.5) is 23.1 Å². The molecule has 2 heterocycles. The Morgan fingerprint density at radius 2 is 1.97 bits per heavy atom. The van der Waals surface area contributed by atoms with Crippen LogP contribution in [0.1, 0.15) is 34.1 Å². The van der Waals surface area contributed by atoms with E-state index in [2.05, 4.69) is 52.3 Å². The SMILES string of the molecule is CCOc1cc(OC2CCN(CC)C2)ccc1Nc1ncc(Cl)c(Nc2ccccc2SC(C)C)n1. The lowest BCUT2D eigenvalue weighted by Crippen LogP contribution is -2.24. The van der Waals surface area contributed by atoms with Gasteiger partial charge in [-0.15, -0.1) is 11.8 Å². The topological polar surface area (TPSA) is 71.5 Å². The lowest BCUT2D eigenvalue weighted by Gasteiger charge is -2.18. The number of nitrogens with zero attached hydrogens (tertiary/aromatic N) is 3. The number of likely N-dealkylation sites (tertiary alicyclic amines) is 1. The molecule has 1 aliphatic rings. The summed E-state index contributed by atoms with van der Waals surface area (Å²) in [7, 11) is 0. The van der Waals surface area contributed by atoms with Crippen LogP contribution in [0.25, 0.3) is 0 Å². The van der Waals surface area contributed by atoms with Crippen LogP contribution < -0.4 is 20.1 Å². The molecule has 0 bridgehead atoms. The number of benzene rings is 2. The predicted molar refractivity (Wildman–Crippen MR) is 150 cm³/mol. The van der Waals surface area contributed by atoms with Crippen molar-refractivity contribution in [2.75, 3.05) is 36.9 Å². The Kier molecular flexibility index (Phi) is 9.18. The Balaban J connectivity index is 1.51. The summed E-state index contributed by atoms with van der Waals surface area (Å²) in [5.74, 6) is 2.43. The average Bonchev–Trinajstić information content (AvgIpc) is 3.31. The fourth-order valence-electron chi connectivity index (χ4n) is 4.02. The summed E-state index contributed by atoms with van der Waals surface area (Å²) in [4.78, 5) is 12.6. The van der Waals surface area contributed by atoms with Crippen LogP contribution in [0.5, 0.6) is 11.5 Å². The van der Waals surface area contributed by atoms with E-state index in [-0.39, 0.29) is 6.10 Å². The first-order valence-electron chi connectivity index (χ1n) is 12.4. The van der Waals surface area contributed by atoms with Crippen molar-refractivity contribution in [3.63, 3.8) is 0 Å². The quantitative estimate of drug-likeness (QED) is 0.258. The molecule has 1 fully saturated rings. The molecule has 3 aromatic rings. The highest BCUT2D eigenvalue weighted by Gasteiger charge is 2.23. The summed E-state index contributed by atoms with van der Waals surface area (Å²) in [6.07, 6.45) is 2.82. The summed E-state index contributed by atoms with van der Waals surface area (Å²) >= 11 is 8.23. The molecule has 0 radical (unpaired) electrons. The van der Waals surface area contributed by atoms with Crippen LogP contribution in [-0.4, -0.2) is 52.5 Å².